The Hall–Kier alpha value is -4.13. The van der Waals surface area contributed by atoms with Gasteiger partial charge in [-0.2, -0.15) is 13.2 Å². The van der Waals surface area contributed by atoms with Gasteiger partial charge in [-0.05, 0) is 12.1 Å². The summed E-state index contributed by atoms with van der Waals surface area (Å²) in [5.41, 5.74) is -1.38. The van der Waals surface area contributed by atoms with Crippen LogP contribution in [0.25, 0.3) is 16.9 Å². The summed E-state index contributed by atoms with van der Waals surface area (Å²) in [4.78, 5) is 20.5. The first-order chi connectivity index (χ1) is 16.3. The van der Waals surface area contributed by atoms with Gasteiger partial charge in [0.15, 0.2) is 5.69 Å². The Kier molecular flexibility index (Phi) is 5.32. The van der Waals surface area contributed by atoms with Crippen molar-refractivity contribution in [3.05, 3.63) is 54.3 Å². The van der Waals surface area contributed by atoms with E-state index in [9.17, 15) is 23.1 Å². The van der Waals surface area contributed by atoms with Crippen molar-refractivity contribution < 1.29 is 41.8 Å². The van der Waals surface area contributed by atoms with E-state index in [0.29, 0.717) is 19.6 Å². The van der Waals surface area contributed by atoms with Crippen LogP contribution in [0, 0.1) is 0 Å². The molecule has 3 aromatic heterocycles. The number of carbonyl (C=O) groups is 1. The summed E-state index contributed by atoms with van der Waals surface area (Å²) in [7, 11) is 0. The van der Waals surface area contributed by atoms with Crippen LogP contribution in [-0.4, -0.2) is 49.9 Å². The molecule has 1 saturated heterocycles. The second-order valence-electron chi connectivity index (χ2n) is 7.32. The lowest BCUT2D eigenvalue weighted by Crippen LogP contribution is -2.18. The van der Waals surface area contributed by atoms with Gasteiger partial charge in [-0.15, -0.1) is 0 Å². The number of hydrogen-bond acceptors (Lipinski definition) is 9. The number of fused-ring (bicyclic) bond motifs is 1. The van der Waals surface area contributed by atoms with Crippen LogP contribution in [0.2, 0.25) is 0 Å². The summed E-state index contributed by atoms with van der Waals surface area (Å²) in [6, 6.07) is 3.93. The fourth-order valence-electron chi connectivity index (χ4n) is 3.47. The monoisotopic (exact) mass is 476 g/mol. The van der Waals surface area contributed by atoms with Crippen LogP contribution in [0.1, 0.15) is 22.5 Å². The molecule has 34 heavy (non-hydrogen) atoms. The quantitative estimate of drug-likeness (QED) is 0.428. The van der Waals surface area contributed by atoms with Gasteiger partial charge in [-0.25, -0.2) is 14.8 Å². The number of benzene rings is 1. The molecule has 0 aliphatic carbocycles. The third kappa shape index (κ3) is 4.01. The lowest BCUT2D eigenvalue weighted by atomic mass is 10.2. The molecule has 0 amide bonds. The number of rotatable bonds is 5. The van der Waals surface area contributed by atoms with Gasteiger partial charge in [0.25, 0.3) is 5.88 Å². The highest BCUT2D eigenvalue weighted by Gasteiger charge is 2.38. The van der Waals surface area contributed by atoms with Gasteiger partial charge in [0.1, 0.15) is 29.4 Å². The first-order valence-corrected chi connectivity index (χ1v) is 9.95. The summed E-state index contributed by atoms with van der Waals surface area (Å²) >= 11 is 0. The lowest BCUT2D eigenvalue weighted by Gasteiger charge is -2.12. The Bertz CT molecular complexity index is 1360. The minimum absolute atomic E-state index is 0.0448. The molecule has 0 spiro atoms. The minimum atomic E-state index is -4.72. The third-order valence-corrected chi connectivity index (χ3v) is 5.08. The number of esters is 1. The highest BCUT2D eigenvalue weighted by molar-refractivity contribution is 5.92. The Morgan fingerprint density at radius 3 is 2.85 bits per heavy atom. The average Bonchev–Trinajstić information content (AvgIpc) is 3.54. The maximum absolute atomic E-state index is 13.2. The topological polar surface area (TPSA) is 121 Å². The summed E-state index contributed by atoms with van der Waals surface area (Å²) in [6.07, 6.45) is 0.280. The van der Waals surface area contributed by atoms with E-state index in [1.165, 1.54) is 41.2 Å². The van der Waals surface area contributed by atoms with Gasteiger partial charge in [0, 0.05) is 24.9 Å². The number of halogens is 3. The van der Waals surface area contributed by atoms with Crippen molar-refractivity contribution in [3.8, 4) is 28.6 Å². The molecule has 1 N–H and O–H groups in total. The molecule has 1 unspecified atom stereocenters. The predicted molar refractivity (Wildman–Crippen MR) is 106 cm³/mol. The van der Waals surface area contributed by atoms with Gasteiger partial charge in [-0.3, -0.25) is 4.40 Å². The van der Waals surface area contributed by atoms with Crippen molar-refractivity contribution in [2.75, 3.05) is 13.2 Å². The largest absolute Gasteiger partial charge is 0.507 e. The van der Waals surface area contributed by atoms with Gasteiger partial charge in [-0.1, -0.05) is 5.16 Å². The van der Waals surface area contributed by atoms with Crippen LogP contribution in [0.15, 0.2) is 47.6 Å². The zero-order valence-corrected chi connectivity index (χ0v) is 17.2. The molecule has 1 atom stereocenters. The van der Waals surface area contributed by atoms with Crippen molar-refractivity contribution >= 4 is 11.6 Å². The molecule has 1 fully saturated rings. The van der Waals surface area contributed by atoms with Crippen LogP contribution in [0.3, 0.4) is 0 Å². The van der Waals surface area contributed by atoms with E-state index >= 15 is 0 Å². The number of aromatic nitrogens is 4. The van der Waals surface area contributed by atoms with Gasteiger partial charge in [0.2, 0.25) is 5.65 Å². The van der Waals surface area contributed by atoms with Crippen molar-refractivity contribution in [3.63, 3.8) is 0 Å². The van der Waals surface area contributed by atoms with E-state index in [1.54, 1.807) is 0 Å². The number of carbonyl (C=O) groups excluding carboxylic acids is 1. The molecule has 1 aliphatic heterocycles. The second-order valence-corrected chi connectivity index (χ2v) is 7.32. The molecule has 0 radical (unpaired) electrons. The number of aromatic hydroxyl groups is 1. The average molecular weight is 476 g/mol. The van der Waals surface area contributed by atoms with Gasteiger partial charge >= 0.3 is 12.1 Å². The smallest absolute Gasteiger partial charge is 0.437 e. The summed E-state index contributed by atoms with van der Waals surface area (Å²) in [5, 5.41) is 13.3. The molecular formula is C21H15F3N4O6. The van der Waals surface area contributed by atoms with Crippen LogP contribution >= 0.6 is 0 Å². The molecule has 0 bridgehead atoms. The molecule has 4 heterocycles. The number of alkyl halides is 3. The van der Waals surface area contributed by atoms with Crippen molar-refractivity contribution in [2.24, 2.45) is 0 Å². The van der Waals surface area contributed by atoms with Crippen molar-refractivity contribution in [2.45, 2.75) is 18.7 Å². The minimum Gasteiger partial charge on any atom is -0.507 e. The molecule has 13 heteroatoms. The Balaban J connectivity index is 1.41. The normalized spacial score (nSPS) is 16.1. The number of nitrogens with zero attached hydrogens (tertiary/aromatic N) is 4. The number of hydrogen-bond donors (Lipinski definition) is 1. The zero-order chi connectivity index (χ0) is 23.9. The Labute approximate surface area is 188 Å². The van der Waals surface area contributed by atoms with E-state index in [0.717, 1.165) is 6.26 Å². The maximum atomic E-state index is 13.2. The van der Waals surface area contributed by atoms with Crippen LogP contribution in [-0.2, 0) is 15.7 Å². The van der Waals surface area contributed by atoms with E-state index in [4.69, 9.17) is 14.2 Å². The number of phenolic OH excluding ortho intramolecular Hbond substituents is 1. The second kappa shape index (κ2) is 8.33. The standard InChI is InChI=1S/C21H15F3N4O6/c22-21(23,24)17-14(10-32-27-17)15-8-26-18-19(25-4-5-28(15)18)33-11-1-2-13(16(29)7-11)20(30)34-12-3-6-31-9-12/h1-2,4-5,7-8,10,12,29H,3,6,9H2. The van der Waals surface area contributed by atoms with Crippen LogP contribution in [0.4, 0.5) is 13.2 Å². The molecular weight excluding hydrogens is 461 g/mol. The van der Waals surface area contributed by atoms with E-state index in [2.05, 4.69) is 19.6 Å². The highest BCUT2D eigenvalue weighted by atomic mass is 19.4. The molecule has 4 aromatic rings. The zero-order valence-electron chi connectivity index (χ0n) is 17.2. The molecule has 1 aromatic carbocycles. The lowest BCUT2D eigenvalue weighted by molar-refractivity contribution is -0.142. The SMILES string of the molecule is O=C(OC1CCOC1)c1ccc(Oc2nccn3c(-c4conc4C(F)(F)F)cnc23)cc1O. The van der Waals surface area contributed by atoms with Gasteiger partial charge in [0.05, 0.1) is 30.7 Å². The third-order valence-electron chi connectivity index (χ3n) is 5.08. The van der Waals surface area contributed by atoms with Crippen molar-refractivity contribution in [1.29, 1.82) is 0 Å². The maximum Gasteiger partial charge on any atom is 0.437 e. The van der Waals surface area contributed by atoms with E-state index < -0.39 is 17.8 Å². The predicted octanol–water partition coefficient (Wildman–Crippen LogP) is 3.85. The molecule has 0 saturated carbocycles. The van der Waals surface area contributed by atoms with Crippen LogP contribution in [0.5, 0.6) is 17.4 Å². The number of ether oxygens (including phenoxy) is 3. The molecule has 10 nitrogen and oxygen atoms in total. The highest BCUT2D eigenvalue weighted by Crippen LogP contribution is 2.37. The fraction of sp³-hybridized carbons (Fsp3) is 0.238. The van der Waals surface area contributed by atoms with E-state index in [-0.39, 0.29) is 46.0 Å². The van der Waals surface area contributed by atoms with E-state index in [1.807, 2.05) is 0 Å². The number of phenols is 1. The summed E-state index contributed by atoms with van der Waals surface area (Å²) < 4.78 is 61.7. The fourth-order valence-corrected chi connectivity index (χ4v) is 3.47. The molecule has 5 rings (SSSR count). The molecule has 176 valence electrons. The molecule has 1 aliphatic rings. The van der Waals surface area contributed by atoms with Gasteiger partial charge < -0.3 is 23.8 Å². The Morgan fingerprint density at radius 2 is 2.12 bits per heavy atom. The number of imidazole rings is 1. The van der Waals surface area contributed by atoms with Crippen LogP contribution < -0.4 is 4.74 Å². The Morgan fingerprint density at radius 1 is 1.26 bits per heavy atom. The first-order valence-electron chi connectivity index (χ1n) is 9.95. The summed E-state index contributed by atoms with van der Waals surface area (Å²) in [6.45, 7) is 0.800. The first kappa shape index (κ1) is 21.7. The van der Waals surface area contributed by atoms with Crippen molar-refractivity contribution in [1.82, 2.24) is 19.5 Å². The summed E-state index contributed by atoms with van der Waals surface area (Å²) in [5.74, 6) is -1.01.